The number of hydrogen-bond donors (Lipinski definition) is 6. The van der Waals surface area contributed by atoms with Crippen molar-refractivity contribution in [2.45, 2.75) is 358 Å². The molecule has 1 aliphatic rings. The van der Waals surface area contributed by atoms with E-state index in [0.29, 0.717) is 12.8 Å². The molecule has 0 saturated carbocycles. The largest absolute Gasteiger partial charge is 0.394 e. The fraction of sp³-hybridized carbons (Fsp3) is 0.921. The molecule has 6 N–H and O–H groups in total. The smallest absolute Gasteiger partial charge is 0.220 e. The van der Waals surface area contributed by atoms with Gasteiger partial charge in [-0.3, -0.25) is 4.79 Å². The summed E-state index contributed by atoms with van der Waals surface area (Å²) in [7, 11) is 0. The number of rotatable bonds is 55. The maximum atomic E-state index is 13.1. The second-order valence-corrected chi connectivity index (χ2v) is 22.2. The molecule has 0 aromatic rings. The van der Waals surface area contributed by atoms with E-state index in [9.17, 15) is 30.3 Å². The minimum atomic E-state index is -1.55. The lowest BCUT2D eigenvalue weighted by molar-refractivity contribution is -0.302. The first-order chi connectivity index (χ1) is 35.3. The summed E-state index contributed by atoms with van der Waals surface area (Å²) in [4.78, 5) is 13.1. The highest BCUT2D eigenvalue weighted by Crippen LogP contribution is 2.23. The highest BCUT2D eigenvalue weighted by Gasteiger charge is 2.44. The molecule has 72 heavy (non-hydrogen) atoms. The third kappa shape index (κ3) is 41.9. The van der Waals surface area contributed by atoms with Gasteiger partial charge in [0.05, 0.1) is 25.4 Å². The monoisotopic (exact) mass is 1020 g/mol. The molecule has 426 valence electrons. The van der Waals surface area contributed by atoms with Crippen LogP contribution in [0, 0.1) is 0 Å². The van der Waals surface area contributed by atoms with E-state index in [1.54, 1.807) is 0 Å². The summed E-state index contributed by atoms with van der Waals surface area (Å²) in [5.74, 6) is -0.143. The average Bonchev–Trinajstić information content (AvgIpc) is 3.38. The van der Waals surface area contributed by atoms with Gasteiger partial charge in [-0.25, -0.2) is 0 Å². The highest BCUT2D eigenvalue weighted by atomic mass is 16.7. The first-order valence-corrected chi connectivity index (χ1v) is 31.5. The van der Waals surface area contributed by atoms with Crippen molar-refractivity contribution in [2.24, 2.45) is 0 Å². The molecular formula is C63H121NO8. The molecule has 1 aliphatic heterocycles. The van der Waals surface area contributed by atoms with Crippen LogP contribution < -0.4 is 5.32 Å². The summed E-state index contributed by atoms with van der Waals surface area (Å²) in [6.45, 7) is 3.88. The van der Waals surface area contributed by atoms with Crippen molar-refractivity contribution < 1.29 is 39.8 Å². The SMILES string of the molecule is CCCCCCCCCCC/C=C\C/C=C\CCCCCCCCCCCC(=O)NC(COC1OC(CO)C(O)C(O)C1O)C(O)CCCCCCCCCCCCCCCCCCCCCCCCCC. The Balaban J connectivity index is 2.17. The summed E-state index contributed by atoms with van der Waals surface area (Å²) >= 11 is 0. The third-order valence-electron chi connectivity index (χ3n) is 15.3. The van der Waals surface area contributed by atoms with Gasteiger partial charge in [0.1, 0.15) is 24.4 Å². The number of allylic oxidation sites excluding steroid dienone is 4. The Kier molecular flexibility index (Phi) is 50.6. The molecule has 0 aliphatic carbocycles. The second-order valence-electron chi connectivity index (χ2n) is 22.2. The molecule has 9 nitrogen and oxygen atoms in total. The number of unbranched alkanes of at least 4 members (excludes halogenated alkanes) is 41. The Morgan fingerprint density at radius 2 is 0.819 bits per heavy atom. The molecule has 0 bridgehead atoms. The maximum Gasteiger partial charge on any atom is 0.220 e. The zero-order valence-electron chi connectivity index (χ0n) is 47.5. The lowest BCUT2D eigenvalue weighted by Gasteiger charge is -2.40. The molecule has 9 heteroatoms. The summed E-state index contributed by atoms with van der Waals surface area (Å²) in [5, 5.41) is 54.8. The van der Waals surface area contributed by atoms with E-state index in [0.717, 1.165) is 44.9 Å². The van der Waals surface area contributed by atoms with E-state index in [-0.39, 0.29) is 12.5 Å². The topological polar surface area (TPSA) is 149 Å². The van der Waals surface area contributed by atoms with Crippen LogP contribution in [-0.2, 0) is 14.3 Å². The number of carbonyl (C=O) groups is 1. The molecule has 7 atom stereocenters. The van der Waals surface area contributed by atoms with E-state index >= 15 is 0 Å². The Bertz CT molecular complexity index is 1180. The first-order valence-electron chi connectivity index (χ1n) is 31.5. The third-order valence-corrected chi connectivity index (χ3v) is 15.3. The highest BCUT2D eigenvalue weighted by molar-refractivity contribution is 5.76. The summed E-state index contributed by atoms with van der Waals surface area (Å²) in [5.41, 5.74) is 0. The lowest BCUT2D eigenvalue weighted by Crippen LogP contribution is -2.60. The van der Waals surface area contributed by atoms with E-state index in [1.807, 2.05) is 0 Å². The lowest BCUT2D eigenvalue weighted by atomic mass is 9.99. The van der Waals surface area contributed by atoms with Crippen LogP contribution in [0.2, 0.25) is 0 Å². The summed E-state index contributed by atoms with van der Waals surface area (Å²) in [6, 6.07) is -0.721. The van der Waals surface area contributed by atoms with Crippen LogP contribution in [0.3, 0.4) is 0 Å². The Morgan fingerprint density at radius 1 is 0.472 bits per heavy atom. The van der Waals surface area contributed by atoms with Gasteiger partial charge < -0.3 is 40.3 Å². The van der Waals surface area contributed by atoms with Crippen molar-refractivity contribution in [1.82, 2.24) is 5.32 Å². The number of amides is 1. The molecule has 1 fully saturated rings. The Labute approximate surface area is 445 Å². The number of carbonyl (C=O) groups excluding carboxylic acids is 1. The van der Waals surface area contributed by atoms with Crippen molar-refractivity contribution in [3.63, 3.8) is 0 Å². The molecule has 0 aromatic carbocycles. The molecule has 1 heterocycles. The van der Waals surface area contributed by atoms with E-state index in [1.165, 1.54) is 244 Å². The molecule has 1 saturated heterocycles. The normalized spacial score (nSPS) is 19.2. The van der Waals surface area contributed by atoms with Crippen molar-refractivity contribution in [1.29, 1.82) is 0 Å². The molecule has 0 radical (unpaired) electrons. The Hall–Kier alpha value is -1.33. The van der Waals surface area contributed by atoms with Crippen LogP contribution >= 0.6 is 0 Å². The summed E-state index contributed by atoms with van der Waals surface area (Å²) < 4.78 is 11.3. The molecule has 1 amide bonds. The van der Waals surface area contributed by atoms with Crippen LogP contribution in [0.25, 0.3) is 0 Å². The quantitative estimate of drug-likeness (QED) is 0.0261. The zero-order valence-corrected chi connectivity index (χ0v) is 47.5. The van der Waals surface area contributed by atoms with Crippen molar-refractivity contribution in [2.75, 3.05) is 13.2 Å². The van der Waals surface area contributed by atoms with Gasteiger partial charge in [-0.2, -0.15) is 0 Å². The Morgan fingerprint density at radius 3 is 1.19 bits per heavy atom. The summed E-state index contributed by atoms with van der Waals surface area (Å²) in [6.07, 6.45) is 60.7. The molecular weight excluding hydrogens is 899 g/mol. The standard InChI is InChI=1S/C63H121NO8/c1-3-5-7-9-11-13-15-17-19-21-23-25-27-29-31-33-35-37-39-41-43-45-47-49-51-53-59(67)64-56(55-71-63-62(70)61(69)60(68)58(54-65)72-63)57(66)52-50-48-46-44-42-40-38-36-34-32-30-28-26-24-22-20-18-16-14-12-10-8-6-4-2/h23,25,29,31,56-58,60-63,65-66,68-70H,3-22,24,26-28,30,32-55H2,1-2H3,(H,64,67)/b25-23-,31-29-. The second kappa shape index (κ2) is 53.1. The number of aliphatic hydroxyl groups excluding tert-OH is 5. The predicted octanol–water partition coefficient (Wildman–Crippen LogP) is 16.1. The molecule has 7 unspecified atom stereocenters. The van der Waals surface area contributed by atoms with Gasteiger partial charge in [-0.1, -0.05) is 289 Å². The zero-order chi connectivity index (χ0) is 52.2. The van der Waals surface area contributed by atoms with Crippen LogP contribution in [0.5, 0.6) is 0 Å². The number of aliphatic hydroxyl groups is 5. The van der Waals surface area contributed by atoms with E-state index in [2.05, 4.69) is 43.5 Å². The number of hydrogen-bond acceptors (Lipinski definition) is 8. The molecule has 1 rings (SSSR count). The fourth-order valence-electron chi connectivity index (χ4n) is 10.3. The van der Waals surface area contributed by atoms with Crippen LogP contribution in [0.1, 0.15) is 316 Å². The van der Waals surface area contributed by atoms with Gasteiger partial charge in [0.25, 0.3) is 0 Å². The number of nitrogens with one attached hydrogen (secondary N) is 1. The van der Waals surface area contributed by atoms with E-state index < -0.39 is 49.5 Å². The van der Waals surface area contributed by atoms with Crippen molar-refractivity contribution in [3.05, 3.63) is 24.3 Å². The van der Waals surface area contributed by atoms with Crippen LogP contribution in [-0.4, -0.2) is 87.5 Å². The molecule has 0 aromatic heterocycles. The molecule has 0 spiro atoms. The van der Waals surface area contributed by atoms with E-state index in [4.69, 9.17) is 9.47 Å². The van der Waals surface area contributed by atoms with Gasteiger partial charge in [0.15, 0.2) is 6.29 Å². The minimum absolute atomic E-state index is 0.137. The van der Waals surface area contributed by atoms with Gasteiger partial charge in [0.2, 0.25) is 5.91 Å². The van der Waals surface area contributed by atoms with Crippen LogP contribution in [0.4, 0.5) is 0 Å². The maximum absolute atomic E-state index is 13.1. The average molecular weight is 1020 g/mol. The van der Waals surface area contributed by atoms with Gasteiger partial charge in [0, 0.05) is 6.42 Å². The number of ether oxygens (including phenoxy) is 2. The van der Waals surface area contributed by atoms with Crippen molar-refractivity contribution in [3.8, 4) is 0 Å². The van der Waals surface area contributed by atoms with Gasteiger partial charge in [-0.15, -0.1) is 0 Å². The minimum Gasteiger partial charge on any atom is -0.394 e. The van der Waals surface area contributed by atoms with Crippen LogP contribution in [0.15, 0.2) is 24.3 Å². The predicted molar refractivity (Wildman–Crippen MR) is 304 cm³/mol. The van der Waals surface area contributed by atoms with Crippen molar-refractivity contribution >= 4 is 5.91 Å². The first kappa shape index (κ1) is 68.7. The fourth-order valence-corrected chi connectivity index (χ4v) is 10.3. The van der Waals surface area contributed by atoms with Gasteiger partial charge >= 0.3 is 0 Å². The van der Waals surface area contributed by atoms with Gasteiger partial charge in [-0.05, 0) is 44.9 Å².